The van der Waals surface area contributed by atoms with Crippen LogP contribution in [-0.2, 0) is 11.2 Å². The molecule has 0 aromatic heterocycles. The van der Waals surface area contributed by atoms with E-state index in [1.807, 2.05) is 6.07 Å². The highest BCUT2D eigenvalue weighted by Gasteiger charge is 2.16. The van der Waals surface area contributed by atoms with E-state index in [9.17, 15) is 9.59 Å². The Balaban J connectivity index is 1.81. The molecule has 22 heavy (non-hydrogen) atoms. The van der Waals surface area contributed by atoms with Gasteiger partial charge >= 0.3 is 0 Å². The van der Waals surface area contributed by atoms with Gasteiger partial charge in [0.25, 0.3) is 5.91 Å². The molecule has 4 heteroatoms. The fourth-order valence-corrected chi connectivity index (χ4v) is 2.41. The molecule has 1 aliphatic heterocycles. The number of carbonyl (C=O) groups is 2. The Morgan fingerprint density at radius 3 is 2.86 bits per heavy atom. The molecular formula is C18H14N2O2. The minimum atomic E-state index is -0.200. The molecule has 0 radical (unpaired) electrons. The zero-order valence-corrected chi connectivity index (χ0v) is 11.8. The molecule has 0 unspecified atom stereocenters. The SMILES string of the molecule is C#Cc1cccc(NC(=O)c2ccc3c(c2)CCC(=O)N3)c1. The van der Waals surface area contributed by atoms with Crippen LogP contribution in [0.25, 0.3) is 0 Å². The van der Waals surface area contributed by atoms with Gasteiger partial charge in [0.05, 0.1) is 0 Å². The molecule has 0 aliphatic carbocycles. The number of benzene rings is 2. The number of amides is 2. The third kappa shape index (κ3) is 2.84. The molecule has 0 atom stereocenters. The summed E-state index contributed by atoms with van der Waals surface area (Å²) in [7, 11) is 0. The Morgan fingerprint density at radius 1 is 1.18 bits per heavy atom. The number of terminal acetylenes is 1. The number of rotatable bonds is 2. The third-order valence-electron chi connectivity index (χ3n) is 3.55. The van der Waals surface area contributed by atoms with Crippen LogP contribution in [0.3, 0.4) is 0 Å². The van der Waals surface area contributed by atoms with Crippen LogP contribution in [0.15, 0.2) is 42.5 Å². The zero-order valence-electron chi connectivity index (χ0n) is 11.8. The first-order chi connectivity index (χ1) is 10.7. The Hall–Kier alpha value is -3.06. The van der Waals surface area contributed by atoms with E-state index < -0.39 is 0 Å². The summed E-state index contributed by atoms with van der Waals surface area (Å²) in [5, 5.41) is 5.62. The molecule has 4 nitrogen and oxygen atoms in total. The van der Waals surface area contributed by atoms with Crippen LogP contribution in [0.1, 0.15) is 27.9 Å². The predicted octanol–water partition coefficient (Wildman–Crippen LogP) is 2.80. The number of nitrogens with one attached hydrogen (secondary N) is 2. The van der Waals surface area contributed by atoms with Crippen LogP contribution < -0.4 is 10.6 Å². The summed E-state index contributed by atoms with van der Waals surface area (Å²) in [4.78, 5) is 23.7. The Kier molecular flexibility index (Phi) is 3.63. The molecule has 0 saturated heterocycles. The molecule has 2 aromatic rings. The summed E-state index contributed by atoms with van der Waals surface area (Å²) in [6.45, 7) is 0. The second-order valence-electron chi connectivity index (χ2n) is 5.10. The van der Waals surface area contributed by atoms with Gasteiger partial charge in [-0.25, -0.2) is 0 Å². The summed E-state index contributed by atoms with van der Waals surface area (Å²) >= 11 is 0. The van der Waals surface area contributed by atoms with Crippen LogP contribution in [0.5, 0.6) is 0 Å². The van der Waals surface area contributed by atoms with Gasteiger partial charge in [-0.3, -0.25) is 9.59 Å². The van der Waals surface area contributed by atoms with Gasteiger partial charge in [0, 0.05) is 28.9 Å². The van der Waals surface area contributed by atoms with Crippen LogP contribution >= 0.6 is 0 Å². The van der Waals surface area contributed by atoms with E-state index in [2.05, 4.69) is 16.6 Å². The maximum absolute atomic E-state index is 12.3. The quantitative estimate of drug-likeness (QED) is 0.836. The number of carbonyl (C=O) groups excluding carboxylic acids is 2. The highest BCUT2D eigenvalue weighted by atomic mass is 16.2. The molecule has 0 fully saturated rings. The number of anilines is 2. The summed E-state index contributed by atoms with van der Waals surface area (Å²) in [5.74, 6) is 2.34. The van der Waals surface area contributed by atoms with Gasteiger partial charge in [0.1, 0.15) is 0 Å². The molecule has 0 spiro atoms. The highest BCUT2D eigenvalue weighted by Crippen LogP contribution is 2.24. The molecule has 3 rings (SSSR count). The minimum absolute atomic E-state index is 0.0100. The van der Waals surface area contributed by atoms with Crippen LogP contribution in [-0.4, -0.2) is 11.8 Å². The van der Waals surface area contributed by atoms with Gasteiger partial charge in [-0.15, -0.1) is 6.42 Å². The van der Waals surface area contributed by atoms with Gasteiger partial charge in [-0.2, -0.15) is 0 Å². The van der Waals surface area contributed by atoms with E-state index in [0.29, 0.717) is 29.7 Å². The lowest BCUT2D eigenvalue weighted by atomic mass is 10.00. The summed E-state index contributed by atoms with van der Waals surface area (Å²) in [6.07, 6.45) is 6.45. The topological polar surface area (TPSA) is 58.2 Å². The van der Waals surface area contributed by atoms with Crippen molar-refractivity contribution >= 4 is 23.2 Å². The maximum Gasteiger partial charge on any atom is 0.255 e. The largest absolute Gasteiger partial charge is 0.326 e. The molecular weight excluding hydrogens is 276 g/mol. The number of hydrogen-bond acceptors (Lipinski definition) is 2. The van der Waals surface area contributed by atoms with E-state index in [1.165, 1.54) is 0 Å². The van der Waals surface area contributed by atoms with Crippen molar-refractivity contribution in [2.45, 2.75) is 12.8 Å². The van der Waals surface area contributed by atoms with Gasteiger partial charge in [0.2, 0.25) is 5.91 Å². The summed E-state index contributed by atoms with van der Waals surface area (Å²) < 4.78 is 0. The first-order valence-corrected chi connectivity index (χ1v) is 6.96. The lowest BCUT2D eigenvalue weighted by molar-refractivity contribution is -0.116. The number of aryl methyl sites for hydroxylation is 1. The van der Waals surface area contributed by atoms with Gasteiger partial charge < -0.3 is 10.6 Å². The van der Waals surface area contributed by atoms with Crippen molar-refractivity contribution < 1.29 is 9.59 Å². The van der Waals surface area contributed by atoms with Gasteiger partial charge in [-0.1, -0.05) is 12.0 Å². The highest BCUT2D eigenvalue weighted by molar-refractivity contribution is 6.05. The predicted molar refractivity (Wildman–Crippen MR) is 85.7 cm³/mol. The van der Waals surface area contributed by atoms with E-state index in [4.69, 9.17) is 6.42 Å². The van der Waals surface area contributed by atoms with E-state index >= 15 is 0 Å². The van der Waals surface area contributed by atoms with Crippen molar-refractivity contribution in [1.29, 1.82) is 0 Å². The average molecular weight is 290 g/mol. The second-order valence-corrected chi connectivity index (χ2v) is 5.10. The zero-order chi connectivity index (χ0) is 15.5. The molecule has 2 aromatic carbocycles. The van der Waals surface area contributed by atoms with Crippen molar-refractivity contribution in [3.63, 3.8) is 0 Å². The van der Waals surface area contributed by atoms with Crippen LogP contribution in [0, 0.1) is 12.3 Å². The van der Waals surface area contributed by atoms with Crippen molar-refractivity contribution in [3.05, 3.63) is 59.2 Å². The summed E-state index contributed by atoms with van der Waals surface area (Å²) in [5.41, 5.74) is 3.69. The standard InChI is InChI=1S/C18H14N2O2/c1-2-12-4-3-5-15(10-12)19-18(22)14-6-8-16-13(11-14)7-9-17(21)20-16/h1,3-6,8,10-11H,7,9H2,(H,19,22)(H,20,21). The number of hydrogen-bond donors (Lipinski definition) is 2. The second kappa shape index (κ2) is 5.74. The molecule has 2 amide bonds. The number of fused-ring (bicyclic) bond motifs is 1. The lowest BCUT2D eigenvalue weighted by Gasteiger charge is -2.17. The minimum Gasteiger partial charge on any atom is -0.326 e. The normalized spacial score (nSPS) is 12.8. The average Bonchev–Trinajstić information content (AvgIpc) is 2.54. The first-order valence-electron chi connectivity index (χ1n) is 6.96. The molecule has 1 heterocycles. The van der Waals surface area contributed by atoms with Crippen LogP contribution in [0.4, 0.5) is 11.4 Å². The van der Waals surface area contributed by atoms with E-state index in [1.54, 1.807) is 36.4 Å². The lowest BCUT2D eigenvalue weighted by Crippen LogP contribution is -2.20. The first kappa shape index (κ1) is 13.9. The van der Waals surface area contributed by atoms with Gasteiger partial charge in [0.15, 0.2) is 0 Å². The summed E-state index contributed by atoms with van der Waals surface area (Å²) in [6, 6.07) is 12.4. The molecule has 0 bridgehead atoms. The van der Waals surface area contributed by atoms with Crippen molar-refractivity contribution in [2.24, 2.45) is 0 Å². The van der Waals surface area contributed by atoms with Crippen molar-refractivity contribution in [1.82, 2.24) is 0 Å². The fourth-order valence-electron chi connectivity index (χ4n) is 2.41. The van der Waals surface area contributed by atoms with Crippen LogP contribution in [0.2, 0.25) is 0 Å². The fraction of sp³-hybridized carbons (Fsp3) is 0.111. The monoisotopic (exact) mass is 290 g/mol. The molecule has 0 saturated carbocycles. The molecule has 2 N–H and O–H groups in total. The Labute approximate surface area is 128 Å². The van der Waals surface area contributed by atoms with Crippen molar-refractivity contribution in [2.75, 3.05) is 10.6 Å². The van der Waals surface area contributed by atoms with Gasteiger partial charge in [-0.05, 0) is 48.4 Å². The van der Waals surface area contributed by atoms with E-state index in [-0.39, 0.29) is 11.8 Å². The molecule has 1 aliphatic rings. The smallest absolute Gasteiger partial charge is 0.255 e. The Morgan fingerprint density at radius 2 is 2.05 bits per heavy atom. The third-order valence-corrected chi connectivity index (χ3v) is 3.55. The maximum atomic E-state index is 12.3. The molecule has 108 valence electrons. The Bertz CT molecular complexity index is 803. The van der Waals surface area contributed by atoms with Crippen molar-refractivity contribution in [3.8, 4) is 12.3 Å². The van der Waals surface area contributed by atoms with E-state index in [0.717, 1.165) is 11.3 Å².